The maximum atomic E-state index is 11.9. The van der Waals surface area contributed by atoms with Crippen LogP contribution in [0.2, 0.25) is 0 Å². The van der Waals surface area contributed by atoms with Crippen molar-refractivity contribution in [2.45, 2.75) is 40.0 Å². The zero-order valence-corrected chi connectivity index (χ0v) is 10.4. The highest BCUT2D eigenvalue weighted by Gasteiger charge is 2.29. The van der Waals surface area contributed by atoms with E-state index in [1.807, 2.05) is 13.8 Å². The molecule has 0 aliphatic rings. The second-order valence-electron chi connectivity index (χ2n) is 4.61. The number of carbonyl (C=O) groups excluding carboxylic acids is 1. The first-order valence-corrected chi connectivity index (χ1v) is 5.54. The molecule has 5 heteroatoms. The first-order valence-electron chi connectivity index (χ1n) is 5.54. The van der Waals surface area contributed by atoms with Gasteiger partial charge in [0.25, 0.3) is 5.88 Å². The Hall–Kier alpha value is -1.39. The average Bonchev–Trinajstić information content (AvgIpc) is 2.61. The van der Waals surface area contributed by atoms with Crippen LogP contribution in [0, 0.1) is 5.41 Å². The van der Waals surface area contributed by atoms with Crippen molar-refractivity contribution in [2.75, 3.05) is 0 Å². The molecule has 0 saturated carbocycles. The standard InChI is InChI=1S/C11H19N3O2/c1-5-6-7-11(2,3)10(15)16-9-8-14(4)13-12-9/h8H,5-7H2,1-4H3. The predicted octanol–water partition coefficient (Wildman–Crippen LogP) is 1.94. The van der Waals surface area contributed by atoms with Crippen molar-refractivity contribution in [3.63, 3.8) is 0 Å². The molecule has 0 aromatic carbocycles. The van der Waals surface area contributed by atoms with Crippen LogP contribution in [-0.2, 0) is 11.8 Å². The van der Waals surface area contributed by atoms with Gasteiger partial charge in [0.15, 0.2) is 0 Å². The largest absolute Gasteiger partial charge is 0.404 e. The Morgan fingerprint density at radius 1 is 1.56 bits per heavy atom. The van der Waals surface area contributed by atoms with Crippen LogP contribution in [0.15, 0.2) is 6.20 Å². The Labute approximate surface area is 95.8 Å². The number of ether oxygens (including phenoxy) is 1. The summed E-state index contributed by atoms with van der Waals surface area (Å²) in [7, 11) is 1.73. The summed E-state index contributed by atoms with van der Waals surface area (Å²) in [5, 5.41) is 7.42. The maximum absolute atomic E-state index is 11.9. The molecule has 0 saturated heterocycles. The molecule has 1 aromatic heterocycles. The monoisotopic (exact) mass is 225 g/mol. The SMILES string of the molecule is CCCCC(C)(C)C(=O)Oc1cn(C)nn1. The molecule has 0 N–H and O–H groups in total. The number of aromatic nitrogens is 3. The summed E-state index contributed by atoms with van der Waals surface area (Å²) in [6.45, 7) is 5.88. The van der Waals surface area contributed by atoms with Crippen LogP contribution in [0.4, 0.5) is 0 Å². The van der Waals surface area contributed by atoms with E-state index in [2.05, 4.69) is 17.2 Å². The number of unbranched alkanes of at least 4 members (excludes halogenated alkanes) is 1. The van der Waals surface area contributed by atoms with E-state index in [-0.39, 0.29) is 11.8 Å². The highest BCUT2D eigenvalue weighted by atomic mass is 16.5. The fraction of sp³-hybridized carbons (Fsp3) is 0.727. The van der Waals surface area contributed by atoms with E-state index in [1.165, 1.54) is 4.68 Å². The van der Waals surface area contributed by atoms with Crippen LogP contribution < -0.4 is 4.74 Å². The molecular weight excluding hydrogens is 206 g/mol. The van der Waals surface area contributed by atoms with E-state index in [0.29, 0.717) is 0 Å². The number of rotatable bonds is 5. The second-order valence-corrected chi connectivity index (χ2v) is 4.61. The molecule has 1 heterocycles. The quantitative estimate of drug-likeness (QED) is 0.718. The molecule has 0 unspecified atom stereocenters. The van der Waals surface area contributed by atoms with Crippen molar-refractivity contribution < 1.29 is 9.53 Å². The summed E-state index contributed by atoms with van der Waals surface area (Å²) in [5.74, 6) is 0.0125. The minimum Gasteiger partial charge on any atom is -0.404 e. The molecule has 0 atom stereocenters. The molecular formula is C11H19N3O2. The Morgan fingerprint density at radius 3 is 2.75 bits per heavy atom. The molecule has 5 nitrogen and oxygen atoms in total. The lowest BCUT2D eigenvalue weighted by Gasteiger charge is -2.20. The first-order chi connectivity index (χ1) is 7.45. The van der Waals surface area contributed by atoms with Crippen molar-refractivity contribution in [2.24, 2.45) is 12.5 Å². The number of esters is 1. The van der Waals surface area contributed by atoms with Gasteiger partial charge in [-0.25, -0.2) is 0 Å². The van der Waals surface area contributed by atoms with Crippen molar-refractivity contribution in [1.82, 2.24) is 15.0 Å². The smallest absolute Gasteiger partial charge is 0.318 e. The minimum absolute atomic E-state index is 0.249. The molecule has 0 bridgehead atoms. The van der Waals surface area contributed by atoms with Crippen molar-refractivity contribution in [1.29, 1.82) is 0 Å². The van der Waals surface area contributed by atoms with Gasteiger partial charge in [-0.15, -0.1) is 0 Å². The van der Waals surface area contributed by atoms with Gasteiger partial charge in [0.2, 0.25) is 0 Å². The molecule has 1 aromatic rings. The third kappa shape index (κ3) is 3.32. The van der Waals surface area contributed by atoms with Gasteiger partial charge in [-0.05, 0) is 20.3 Å². The summed E-state index contributed by atoms with van der Waals surface area (Å²) in [5.41, 5.74) is -0.465. The highest BCUT2D eigenvalue weighted by Crippen LogP contribution is 2.25. The molecule has 90 valence electrons. The lowest BCUT2D eigenvalue weighted by Crippen LogP contribution is -2.29. The normalized spacial score (nSPS) is 11.5. The molecule has 16 heavy (non-hydrogen) atoms. The Morgan fingerprint density at radius 2 is 2.25 bits per heavy atom. The van der Waals surface area contributed by atoms with Gasteiger partial charge in [0, 0.05) is 7.05 Å². The third-order valence-electron chi connectivity index (χ3n) is 2.49. The third-order valence-corrected chi connectivity index (χ3v) is 2.49. The lowest BCUT2D eigenvalue weighted by atomic mass is 9.87. The van der Waals surface area contributed by atoms with Gasteiger partial charge >= 0.3 is 5.97 Å². The van der Waals surface area contributed by atoms with Crippen molar-refractivity contribution in [3.05, 3.63) is 6.20 Å². The average molecular weight is 225 g/mol. The van der Waals surface area contributed by atoms with Crippen LogP contribution in [-0.4, -0.2) is 21.0 Å². The van der Waals surface area contributed by atoms with Crippen LogP contribution in [0.1, 0.15) is 40.0 Å². The van der Waals surface area contributed by atoms with E-state index < -0.39 is 5.41 Å². The zero-order valence-electron chi connectivity index (χ0n) is 10.4. The number of hydrogen-bond donors (Lipinski definition) is 0. The van der Waals surface area contributed by atoms with E-state index in [0.717, 1.165) is 19.3 Å². The summed E-state index contributed by atoms with van der Waals surface area (Å²) < 4.78 is 6.67. The van der Waals surface area contributed by atoms with Gasteiger partial charge in [-0.1, -0.05) is 30.1 Å². The summed E-state index contributed by atoms with van der Waals surface area (Å²) in [6.07, 6.45) is 4.49. The van der Waals surface area contributed by atoms with E-state index in [1.54, 1.807) is 13.2 Å². The number of hydrogen-bond acceptors (Lipinski definition) is 4. The number of aryl methyl sites for hydroxylation is 1. The maximum Gasteiger partial charge on any atom is 0.318 e. The molecule has 0 aliphatic carbocycles. The van der Waals surface area contributed by atoms with Crippen LogP contribution in [0.3, 0.4) is 0 Å². The summed E-state index contributed by atoms with van der Waals surface area (Å²) in [4.78, 5) is 11.9. The second kappa shape index (κ2) is 5.09. The number of carbonyl (C=O) groups is 1. The van der Waals surface area contributed by atoms with E-state index in [4.69, 9.17) is 4.74 Å². The Kier molecular flexibility index (Phi) is 4.04. The fourth-order valence-corrected chi connectivity index (χ4v) is 1.33. The Bertz CT molecular complexity index is 358. The molecule has 1 rings (SSSR count). The summed E-state index contributed by atoms with van der Waals surface area (Å²) in [6, 6.07) is 0. The predicted molar refractivity (Wildman–Crippen MR) is 59.9 cm³/mol. The van der Waals surface area contributed by atoms with Crippen molar-refractivity contribution in [3.8, 4) is 5.88 Å². The first kappa shape index (κ1) is 12.7. The van der Waals surface area contributed by atoms with Gasteiger partial charge in [-0.2, -0.15) is 0 Å². The molecule has 0 amide bonds. The fourth-order valence-electron chi connectivity index (χ4n) is 1.33. The molecule has 0 aliphatic heterocycles. The van der Waals surface area contributed by atoms with Crippen molar-refractivity contribution >= 4 is 5.97 Å². The zero-order chi connectivity index (χ0) is 12.2. The van der Waals surface area contributed by atoms with Crippen LogP contribution >= 0.6 is 0 Å². The van der Waals surface area contributed by atoms with Gasteiger partial charge < -0.3 is 4.74 Å². The molecule has 0 radical (unpaired) electrons. The highest BCUT2D eigenvalue weighted by molar-refractivity contribution is 5.77. The van der Waals surface area contributed by atoms with Crippen LogP contribution in [0.25, 0.3) is 0 Å². The lowest BCUT2D eigenvalue weighted by molar-refractivity contribution is -0.144. The number of nitrogens with zero attached hydrogens (tertiary/aromatic N) is 3. The minimum atomic E-state index is -0.465. The van der Waals surface area contributed by atoms with Gasteiger partial charge in [0.1, 0.15) is 0 Å². The summed E-state index contributed by atoms with van der Waals surface area (Å²) >= 11 is 0. The van der Waals surface area contributed by atoms with E-state index >= 15 is 0 Å². The topological polar surface area (TPSA) is 57.0 Å². The van der Waals surface area contributed by atoms with Gasteiger partial charge in [-0.3, -0.25) is 9.48 Å². The van der Waals surface area contributed by atoms with Gasteiger partial charge in [0.05, 0.1) is 11.6 Å². The van der Waals surface area contributed by atoms with E-state index in [9.17, 15) is 4.79 Å². The molecule has 0 spiro atoms. The van der Waals surface area contributed by atoms with Crippen LogP contribution in [0.5, 0.6) is 5.88 Å². The Balaban J connectivity index is 2.57. The molecule has 0 fully saturated rings.